The topological polar surface area (TPSA) is 52.6 Å². The molecular formula is C20H22F18NO4S+. The summed E-state index contributed by atoms with van der Waals surface area (Å²) in [4.78, 5) is 24.2. The van der Waals surface area contributed by atoms with Crippen molar-refractivity contribution in [1.29, 1.82) is 0 Å². The number of ether oxygens (including phenoxy) is 2. The van der Waals surface area contributed by atoms with Crippen LogP contribution in [0.15, 0.2) is 0 Å². The zero-order valence-electron chi connectivity index (χ0n) is 22.1. The Kier molecular flexibility index (Phi) is 12.8. The summed E-state index contributed by atoms with van der Waals surface area (Å²) in [7, 11) is 4.32. The van der Waals surface area contributed by atoms with E-state index in [1.807, 2.05) is 0 Å². The van der Waals surface area contributed by atoms with E-state index in [0.29, 0.717) is 11.8 Å². The van der Waals surface area contributed by atoms with E-state index in [1.54, 1.807) is 0 Å². The van der Waals surface area contributed by atoms with E-state index in [4.69, 9.17) is 0 Å². The molecule has 0 radical (unpaired) electrons. The maximum Gasteiger partial charge on any atom is 0.460 e. The summed E-state index contributed by atoms with van der Waals surface area (Å²) in [6.45, 7) is -3.88. The fraction of sp³-hybridized carbons (Fsp3) is 0.900. The van der Waals surface area contributed by atoms with Gasteiger partial charge in [-0.3, -0.25) is 9.59 Å². The molecule has 44 heavy (non-hydrogen) atoms. The lowest BCUT2D eigenvalue weighted by molar-refractivity contribution is -0.857. The number of quaternary nitrogens is 1. The van der Waals surface area contributed by atoms with Gasteiger partial charge in [0.1, 0.15) is 11.1 Å². The molecule has 1 unspecified atom stereocenters. The summed E-state index contributed by atoms with van der Waals surface area (Å²) in [6, 6.07) is 0. The zero-order chi connectivity index (χ0) is 35.6. The van der Waals surface area contributed by atoms with Crippen LogP contribution < -0.4 is 0 Å². The monoisotopic (exact) mass is 714 g/mol. The Balaban J connectivity index is 5.52. The Labute approximate surface area is 239 Å². The second-order valence-corrected chi connectivity index (χ2v) is 11.0. The van der Waals surface area contributed by atoms with Gasteiger partial charge in [-0.15, -0.1) is 0 Å². The van der Waals surface area contributed by atoms with Gasteiger partial charge in [-0.25, -0.2) is 0 Å². The van der Waals surface area contributed by atoms with Gasteiger partial charge in [-0.1, -0.05) is 11.8 Å². The highest BCUT2D eigenvalue weighted by molar-refractivity contribution is 8.00. The maximum absolute atomic E-state index is 13.6. The second kappa shape index (κ2) is 13.4. The molecule has 0 spiro atoms. The van der Waals surface area contributed by atoms with Gasteiger partial charge in [0.05, 0.1) is 53.6 Å². The van der Waals surface area contributed by atoms with Crippen molar-refractivity contribution in [2.45, 2.75) is 72.4 Å². The number of halogens is 18. The van der Waals surface area contributed by atoms with Gasteiger partial charge in [-0.2, -0.15) is 79.0 Å². The second-order valence-electron chi connectivity index (χ2n) is 9.87. The first-order chi connectivity index (χ1) is 19.1. The first-order valence-electron chi connectivity index (χ1n) is 11.2. The number of thioether (sulfide) groups is 1. The van der Waals surface area contributed by atoms with E-state index in [0.717, 1.165) is 0 Å². The van der Waals surface area contributed by atoms with Crippen molar-refractivity contribution in [1.82, 2.24) is 0 Å². The molecule has 0 N–H and O–H groups in total. The number of rotatable bonds is 16. The molecule has 0 amide bonds. The molecule has 262 valence electrons. The number of esters is 2. The Hall–Kier alpha value is -2.01. The predicted molar refractivity (Wildman–Crippen MR) is 112 cm³/mol. The molecule has 0 fully saturated rings. The third-order valence-electron chi connectivity index (χ3n) is 5.04. The van der Waals surface area contributed by atoms with Crippen LogP contribution in [0.3, 0.4) is 0 Å². The quantitative estimate of drug-likeness (QED) is 0.0751. The van der Waals surface area contributed by atoms with Crippen molar-refractivity contribution in [3.63, 3.8) is 0 Å². The SMILES string of the molecule is C[N+](C)(C)CSC(CC(=O)OCCC(F)(F)C(F)(F)C(F)(F)C(F)(F)F)C(=O)OCCC(F)(F)C(F)(F)C(F)(F)C(F)(F)F. The highest BCUT2D eigenvalue weighted by atomic mass is 32.2. The summed E-state index contributed by atoms with van der Waals surface area (Å²) in [5.74, 6) is -44.6. The van der Waals surface area contributed by atoms with Gasteiger partial charge in [0.2, 0.25) is 0 Å². The van der Waals surface area contributed by atoms with Gasteiger partial charge < -0.3 is 14.0 Å². The summed E-state index contributed by atoms with van der Waals surface area (Å²) in [5, 5.41) is -1.96. The Morgan fingerprint density at radius 3 is 1.25 bits per heavy atom. The van der Waals surface area contributed by atoms with Crippen molar-refractivity contribution >= 4 is 23.7 Å². The van der Waals surface area contributed by atoms with Gasteiger partial charge in [-0.05, 0) is 0 Å². The largest absolute Gasteiger partial charge is 0.465 e. The predicted octanol–water partition coefficient (Wildman–Crippen LogP) is 6.95. The fourth-order valence-corrected chi connectivity index (χ4v) is 3.61. The average Bonchev–Trinajstić information content (AvgIpc) is 2.78. The van der Waals surface area contributed by atoms with Crippen LogP contribution in [0.5, 0.6) is 0 Å². The van der Waals surface area contributed by atoms with E-state index in [1.165, 1.54) is 21.1 Å². The molecule has 0 aliphatic rings. The highest BCUT2D eigenvalue weighted by Gasteiger charge is 2.82. The van der Waals surface area contributed by atoms with Crippen molar-refractivity contribution in [2.24, 2.45) is 0 Å². The van der Waals surface area contributed by atoms with E-state index in [2.05, 4.69) is 9.47 Å². The molecule has 0 aliphatic heterocycles. The van der Waals surface area contributed by atoms with E-state index >= 15 is 0 Å². The van der Waals surface area contributed by atoms with Gasteiger partial charge >= 0.3 is 59.8 Å². The summed E-state index contributed by atoms with van der Waals surface area (Å²) in [6.07, 6.45) is -20.8. The number of nitrogens with zero attached hydrogens (tertiary/aromatic N) is 1. The van der Waals surface area contributed by atoms with Crippen molar-refractivity contribution in [3.8, 4) is 0 Å². The Bertz CT molecular complexity index is 991. The van der Waals surface area contributed by atoms with E-state index < -0.39 is 97.6 Å². The van der Waals surface area contributed by atoms with Crippen LogP contribution in [-0.4, -0.2) is 110 Å². The van der Waals surface area contributed by atoms with Gasteiger partial charge in [0, 0.05) is 0 Å². The fourth-order valence-electron chi connectivity index (χ4n) is 2.53. The number of alkyl halides is 18. The van der Waals surface area contributed by atoms with E-state index in [9.17, 15) is 88.6 Å². The molecular weight excluding hydrogens is 692 g/mol. The summed E-state index contributed by atoms with van der Waals surface area (Å²) in [5.41, 5.74) is 0. The third-order valence-corrected chi connectivity index (χ3v) is 6.72. The lowest BCUT2D eigenvalue weighted by Crippen LogP contribution is -2.61. The first-order valence-corrected chi connectivity index (χ1v) is 12.3. The minimum absolute atomic E-state index is 0.0744. The number of carbonyl (C=O) groups is 2. The van der Waals surface area contributed by atoms with Crippen molar-refractivity contribution < 1.29 is 103 Å². The van der Waals surface area contributed by atoms with Crippen LogP contribution in [0.25, 0.3) is 0 Å². The van der Waals surface area contributed by atoms with Crippen LogP contribution in [-0.2, 0) is 19.1 Å². The summed E-state index contributed by atoms with van der Waals surface area (Å²) < 4.78 is 240. The van der Waals surface area contributed by atoms with Crippen molar-refractivity contribution in [2.75, 3.05) is 40.2 Å². The Morgan fingerprint density at radius 1 is 0.591 bits per heavy atom. The van der Waals surface area contributed by atoms with Crippen LogP contribution in [0.1, 0.15) is 19.3 Å². The Morgan fingerprint density at radius 2 is 0.932 bits per heavy atom. The zero-order valence-corrected chi connectivity index (χ0v) is 22.9. The van der Waals surface area contributed by atoms with Crippen LogP contribution in [0.4, 0.5) is 79.0 Å². The molecule has 1 atom stereocenters. The molecule has 0 aliphatic carbocycles. The molecule has 0 rings (SSSR count). The number of carbonyl (C=O) groups excluding carboxylic acids is 2. The average molecular weight is 714 g/mol. The van der Waals surface area contributed by atoms with Gasteiger partial charge in [0.25, 0.3) is 0 Å². The lowest BCUT2D eigenvalue weighted by atomic mass is 10.0. The van der Waals surface area contributed by atoms with Gasteiger partial charge in [0.15, 0.2) is 0 Å². The van der Waals surface area contributed by atoms with Crippen molar-refractivity contribution in [3.05, 3.63) is 0 Å². The molecule has 0 aromatic heterocycles. The molecule has 0 bridgehead atoms. The lowest BCUT2D eigenvalue weighted by Gasteiger charge is -2.33. The normalized spacial score (nSPS) is 15.7. The minimum Gasteiger partial charge on any atom is -0.465 e. The minimum atomic E-state index is -7.23. The number of hydrogen-bond donors (Lipinski definition) is 0. The molecule has 5 nitrogen and oxygen atoms in total. The van der Waals surface area contributed by atoms with E-state index in [-0.39, 0.29) is 10.4 Å². The molecule has 0 aromatic carbocycles. The third kappa shape index (κ3) is 9.50. The summed E-state index contributed by atoms with van der Waals surface area (Å²) >= 11 is 0.385. The number of hydrogen-bond acceptors (Lipinski definition) is 5. The molecule has 0 heterocycles. The highest BCUT2D eigenvalue weighted by Crippen LogP contribution is 2.55. The molecule has 0 aromatic rings. The van der Waals surface area contributed by atoms with Crippen LogP contribution in [0, 0.1) is 0 Å². The maximum atomic E-state index is 13.6. The molecule has 0 saturated carbocycles. The van der Waals surface area contributed by atoms with Crippen LogP contribution >= 0.6 is 11.8 Å². The molecule has 0 saturated heterocycles. The standard InChI is InChI=1S/C20H22F18NO4S/c1-39(2,3)9-44-10(12(41)43-7-5-14(23,24)16(27,28)18(31,32)20(36,37)38)8-11(40)42-6-4-13(21,22)15(25,26)17(29,30)19(33,34)35/h10H,4-9H2,1-3H3/q+1. The molecule has 24 heteroatoms. The smallest absolute Gasteiger partial charge is 0.460 e. The first kappa shape index (κ1) is 42.0. The van der Waals surface area contributed by atoms with Crippen LogP contribution in [0.2, 0.25) is 0 Å².